The number of carbonyl (C=O) groups excluding carboxylic acids is 1. The number of pyridine rings is 1. The molecule has 2 N–H and O–H groups in total. The van der Waals surface area contributed by atoms with E-state index >= 15 is 0 Å². The molecule has 2 aliphatic rings. The fourth-order valence-corrected chi connectivity index (χ4v) is 5.12. The van der Waals surface area contributed by atoms with Gasteiger partial charge in [-0.05, 0) is 50.3 Å². The highest BCUT2D eigenvalue weighted by molar-refractivity contribution is 5.84. The van der Waals surface area contributed by atoms with Crippen molar-refractivity contribution in [3.63, 3.8) is 0 Å². The highest BCUT2D eigenvalue weighted by atomic mass is 16.2. The Hall–Kier alpha value is -2.66. The molecule has 0 unspecified atom stereocenters. The van der Waals surface area contributed by atoms with Crippen molar-refractivity contribution in [2.45, 2.75) is 51.2 Å². The van der Waals surface area contributed by atoms with Gasteiger partial charge in [-0.3, -0.25) is 4.79 Å². The van der Waals surface area contributed by atoms with E-state index in [1.165, 1.54) is 12.0 Å². The van der Waals surface area contributed by atoms with Gasteiger partial charge in [-0.1, -0.05) is 36.4 Å². The molecule has 2 aromatic heterocycles. The van der Waals surface area contributed by atoms with E-state index in [4.69, 9.17) is 0 Å². The molecule has 0 aliphatic carbocycles. The number of amides is 1. The summed E-state index contributed by atoms with van der Waals surface area (Å²) in [7, 11) is 0. The number of imidazole rings is 1. The molecule has 2 saturated heterocycles. The number of carbonyl (C=O) groups is 1. The summed E-state index contributed by atoms with van der Waals surface area (Å²) < 4.78 is 2.07. The first-order valence-corrected chi connectivity index (χ1v) is 10.2. The van der Waals surface area contributed by atoms with Crippen LogP contribution in [0.1, 0.15) is 36.2 Å². The quantitative estimate of drug-likeness (QED) is 0.722. The van der Waals surface area contributed by atoms with E-state index in [-0.39, 0.29) is 17.4 Å². The summed E-state index contributed by atoms with van der Waals surface area (Å²) in [5, 5.41) is 6.88. The van der Waals surface area contributed by atoms with Crippen LogP contribution in [0.25, 0.3) is 5.65 Å². The molecule has 3 aromatic rings. The Kier molecular flexibility index (Phi) is 4.20. The number of aromatic nitrogens is 2. The number of aryl methyl sites for hydroxylation is 1. The Morgan fingerprint density at radius 1 is 1.21 bits per heavy atom. The molecule has 0 radical (unpaired) electrons. The Balaban J connectivity index is 1.37. The van der Waals surface area contributed by atoms with Crippen LogP contribution in [0.15, 0.2) is 54.7 Å². The molecular formula is C23H26N4O. The lowest BCUT2D eigenvalue weighted by molar-refractivity contribution is -0.132. The number of hydrogen-bond acceptors (Lipinski definition) is 3. The molecule has 2 bridgehead atoms. The van der Waals surface area contributed by atoms with Gasteiger partial charge in [0.2, 0.25) is 5.91 Å². The SMILES string of the molecule is Cc1cccc2nc(CNC(=O)[C@]3(Cc4ccccc4)C[C@@H]4CC[C@H]3N4)cn12. The second-order valence-electron chi connectivity index (χ2n) is 8.33. The number of nitrogens with zero attached hydrogens (tertiary/aromatic N) is 2. The minimum Gasteiger partial charge on any atom is -0.350 e. The first-order valence-electron chi connectivity index (χ1n) is 10.2. The lowest BCUT2D eigenvalue weighted by Gasteiger charge is -2.35. The zero-order valence-electron chi connectivity index (χ0n) is 16.2. The molecule has 28 heavy (non-hydrogen) atoms. The average Bonchev–Trinajstić information content (AvgIpc) is 3.42. The van der Waals surface area contributed by atoms with E-state index in [1.54, 1.807) is 0 Å². The van der Waals surface area contributed by atoms with Crippen molar-refractivity contribution in [3.05, 3.63) is 71.7 Å². The van der Waals surface area contributed by atoms with E-state index in [0.717, 1.165) is 36.3 Å². The standard InChI is InChI=1S/C23H26N4O/c1-16-6-5-9-21-26-19(15-27(16)21)14-24-22(28)23(12-17-7-3-2-4-8-17)13-18-10-11-20(23)25-18/h2-9,15,18,20,25H,10-14H2,1H3,(H,24,28)/t18-,20+,23+/m0/s1. The predicted molar refractivity (Wildman–Crippen MR) is 109 cm³/mol. The molecule has 144 valence electrons. The van der Waals surface area contributed by atoms with Crippen molar-refractivity contribution in [2.24, 2.45) is 5.41 Å². The van der Waals surface area contributed by atoms with Crippen LogP contribution in [0.5, 0.6) is 0 Å². The van der Waals surface area contributed by atoms with E-state index < -0.39 is 0 Å². The summed E-state index contributed by atoms with van der Waals surface area (Å²) in [6, 6.07) is 17.2. The van der Waals surface area contributed by atoms with Gasteiger partial charge in [0.05, 0.1) is 17.7 Å². The van der Waals surface area contributed by atoms with Gasteiger partial charge in [-0.25, -0.2) is 4.98 Å². The number of hydrogen-bond donors (Lipinski definition) is 2. The second-order valence-corrected chi connectivity index (χ2v) is 8.33. The van der Waals surface area contributed by atoms with Gasteiger partial charge in [0.25, 0.3) is 0 Å². The molecular weight excluding hydrogens is 348 g/mol. The Labute approximate surface area is 165 Å². The van der Waals surface area contributed by atoms with Gasteiger partial charge in [-0.2, -0.15) is 0 Å². The molecule has 4 heterocycles. The maximum atomic E-state index is 13.4. The van der Waals surface area contributed by atoms with E-state index in [0.29, 0.717) is 12.6 Å². The summed E-state index contributed by atoms with van der Waals surface area (Å²) in [5.74, 6) is 0.157. The van der Waals surface area contributed by atoms with Gasteiger partial charge < -0.3 is 15.0 Å². The summed E-state index contributed by atoms with van der Waals surface area (Å²) >= 11 is 0. The van der Waals surface area contributed by atoms with Crippen molar-refractivity contribution >= 4 is 11.6 Å². The largest absolute Gasteiger partial charge is 0.350 e. The number of rotatable bonds is 5. The second kappa shape index (κ2) is 6.74. The van der Waals surface area contributed by atoms with Crippen LogP contribution in [0.3, 0.4) is 0 Å². The minimum atomic E-state index is -0.362. The molecule has 1 amide bonds. The van der Waals surface area contributed by atoms with E-state index in [2.05, 4.69) is 57.3 Å². The highest BCUT2D eigenvalue weighted by Gasteiger charge is 2.55. The smallest absolute Gasteiger partial charge is 0.228 e. The third-order valence-electron chi connectivity index (χ3n) is 6.51. The zero-order valence-corrected chi connectivity index (χ0v) is 16.2. The van der Waals surface area contributed by atoms with Crippen LogP contribution in [-0.2, 0) is 17.8 Å². The van der Waals surface area contributed by atoms with E-state index in [9.17, 15) is 4.79 Å². The monoisotopic (exact) mass is 374 g/mol. The fourth-order valence-electron chi connectivity index (χ4n) is 5.12. The van der Waals surface area contributed by atoms with Crippen molar-refractivity contribution in [1.82, 2.24) is 20.0 Å². The number of fused-ring (bicyclic) bond motifs is 3. The highest BCUT2D eigenvalue weighted by Crippen LogP contribution is 2.46. The van der Waals surface area contributed by atoms with Gasteiger partial charge >= 0.3 is 0 Å². The molecule has 2 fully saturated rings. The first-order chi connectivity index (χ1) is 13.6. The molecule has 3 atom stereocenters. The Morgan fingerprint density at radius 3 is 2.79 bits per heavy atom. The molecule has 1 aromatic carbocycles. The third-order valence-corrected chi connectivity index (χ3v) is 6.51. The zero-order chi connectivity index (χ0) is 19.1. The summed E-state index contributed by atoms with van der Waals surface area (Å²) in [6.45, 7) is 2.53. The first kappa shape index (κ1) is 17.4. The Morgan fingerprint density at radius 2 is 2.07 bits per heavy atom. The van der Waals surface area contributed by atoms with Crippen LogP contribution in [-0.4, -0.2) is 27.4 Å². The summed E-state index contributed by atoms with van der Waals surface area (Å²) in [5.41, 5.74) is 3.83. The Bertz CT molecular complexity index is 1010. The summed E-state index contributed by atoms with van der Waals surface area (Å²) in [6.07, 6.45) is 5.99. The van der Waals surface area contributed by atoms with E-state index in [1.807, 2.05) is 24.4 Å². The lowest BCUT2D eigenvalue weighted by atomic mass is 9.69. The maximum Gasteiger partial charge on any atom is 0.228 e. The molecule has 2 aliphatic heterocycles. The molecule has 0 saturated carbocycles. The van der Waals surface area contributed by atoms with Crippen molar-refractivity contribution in [2.75, 3.05) is 0 Å². The third kappa shape index (κ3) is 2.90. The van der Waals surface area contributed by atoms with Crippen LogP contribution < -0.4 is 10.6 Å². The molecule has 5 nitrogen and oxygen atoms in total. The van der Waals surface area contributed by atoms with Gasteiger partial charge in [0.1, 0.15) is 5.65 Å². The fraction of sp³-hybridized carbons (Fsp3) is 0.391. The van der Waals surface area contributed by atoms with Crippen molar-refractivity contribution in [3.8, 4) is 0 Å². The molecule has 5 rings (SSSR count). The number of benzene rings is 1. The van der Waals surface area contributed by atoms with Crippen molar-refractivity contribution < 1.29 is 4.79 Å². The van der Waals surface area contributed by atoms with Crippen LogP contribution >= 0.6 is 0 Å². The van der Waals surface area contributed by atoms with Gasteiger partial charge in [-0.15, -0.1) is 0 Å². The lowest BCUT2D eigenvalue weighted by Crippen LogP contribution is -2.49. The minimum absolute atomic E-state index is 0.157. The van der Waals surface area contributed by atoms with Crippen molar-refractivity contribution in [1.29, 1.82) is 0 Å². The maximum absolute atomic E-state index is 13.4. The van der Waals surface area contributed by atoms with Crippen LogP contribution in [0.2, 0.25) is 0 Å². The average molecular weight is 374 g/mol. The van der Waals surface area contributed by atoms with Gasteiger partial charge in [0.15, 0.2) is 0 Å². The van der Waals surface area contributed by atoms with Crippen LogP contribution in [0.4, 0.5) is 0 Å². The van der Waals surface area contributed by atoms with Gasteiger partial charge in [0, 0.05) is 24.0 Å². The predicted octanol–water partition coefficient (Wildman–Crippen LogP) is 3.01. The number of nitrogens with one attached hydrogen (secondary N) is 2. The molecule has 5 heteroatoms. The summed E-state index contributed by atoms with van der Waals surface area (Å²) in [4.78, 5) is 18.1. The van der Waals surface area contributed by atoms with Crippen LogP contribution in [0, 0.1) is 12.3 Å². The topological polar surface area (TPSA) is 58.4 Å². The molecule has 0 spiro atoms. The normalized spacial score (nSPS) is 26.0.